The van der Waals surface area contributed by atoms with E-state index >= 15 is 0 Å². The average Bonchev–Trinajstić information content (AvgIpc) is 3.41. The topological polar surface area (TPSA) is 78.9 Å². The van der Waals surface area contributed by atoms with Crippen molar-refractivity contribution in [3.63, 3.8) is 0 Å². The molecule has 0 aromatic heterocycles. The van der Waals surface area contributed by atoms with Gasteiger partial charge in [0.15, 0.2) is 6.10 Å². The van der Waals surface area contributed by atoms with E-state index in [1.807, 2.05) is 0 Å². The molecule has 0 aromatic carbocycles. The van der Waals surface area contributed by atoms with E-state index in [9.17, 15) is 14.4 Å². The van der Waals surface area contributed by atoms with Gasteiger partial charge in [0.25, 0.3) is 0 Å². The summed E-state index contributed by atoms with van der Waals surface area (Å²) in [5, 5.41) is 0. The van der Waals surface area contributed by atoms with Gasteiger partial charge in [0, 0.05) is 19.3 Å². The minimum Gasteiger partial charge on any atom is -0.462 e. The first kappa shape index (κ1) is 70.5. The van der Waals surface area contributed by atoms with Crippen LogP contribution in [0.4, 0.5) is 0 Å². The first-order valence-electron chi connectivity index (χ1n) is 30.7. The Morgan fingerprint density at radius 2 is 0.520 bits per heavy atom. The summed E-state index contributed by atoms with van der Waals surface area (Å²) < 4.78 is 16.9. The van der Waals surface area contributed by atoms with Crippen LogP contribution in [0, 0.1) is 0 Å². The van der Waals surface area contributed by atoms with Gasteiger partial charge in [0.05, 0.1) is 0 Å². The Hall–Kier alpha value is -4.45. The predicted octanol–water partition coefficient (Wildman–Crippen LogP) is 21.0. The third kappa shape index (κ3) is 60.3. The smallest absolute Gasteiger partial charge is 0.306 e. The maximum atomic E-state index is 12.9. The summed E-state index contributed by atoms with van der Waals surface area (Å²) in [5.74, 6) is -0.949. The zero-order valence-electron chi connectivity index (χ0n) is 48.5. The van der Waals surface area contributed by atoms with Gasteiger partial charge in [-0.15, -0.1) is 0 Å². The molecule has 1 unspecified atom stereocenters. The molecular formula is C69H112O6. The number of carbonyl (C=O) groups excluding carboxylic acids is 3. The molecule has 0 aliphatic heterocycles. The minimum absolute atomic E-state index is 0.102. The fourth-order valence-corrected chi connectivity index (χ4v) is 8.08. The van der Waals surface area contributed by atoms with Crippen LogP contribution >= 0.6 is 0 Å². The van der Waals surface area contributed by atoms with E-state index in [-0.39, 0.29) is 37.5 Å². The van der Waals surface area contributed by atoms with Gasteiger partial charge >= 0.3 is 17.9 Å². The molecule has 0 amide bonds. The van der Waals surface area contributed by atoms with E-state index in [2.05, 4.69) is 154 Å². The van der Waals surface area contributed by atoms with Crippen LogP contribution in [0.15, 0.2) is 134 Å². The Balaban J connectivity index is 4.49. The maximum absolute atomic E-state index is 12.9. The third-order valence-corrected chi connectivity index (χ3v) is 12.6. The van der Waals surface area contributed by atoms with Crippen LogP contribution in [0.1, 0.15) is 265 Å². The van der Waals surface area contributed by atoms with Crippen molar-refractivity contribution in [2.75, 3.05) is 13.2 Å². The Labute approximate surface area is 462 Å². The standard InChI is InChI=1S/C69H112O6/c1-4-7-10-13-16-19-22-25-28-31-33-34-36-38-41-44-47-50-53-56-59-62-68(71)74-65-66(64-73-67(70)61-58-55-52-49-46-43-40-37-30-27-24-21-18-15-12-9-6-3)75-69(72)63-60-57-54-51-48-45-42-39-35-32-29-26-23-20-17-14-11-8-5-2/h7-8,10-11,16-21,25-30,33-35,39,45,48,66H,4-6,9,12-15,22-24,31-32,36-38,40-44,46-47,49-65H2,1-3H3/b10-7-,11-8-,19-16-,20-17-,21-18-,28-25-,29-26-,30-27-,34-33-,39-35-,48-45-. The van der Waals surface area contributed by atoms with Crippen molar-refractivity contribution in [3.05, 3.63) is 134 Å². The van der Waals surface area contributed by atoms with Crippen LogP contribution in [0.2, 0.25) is 0 Å². The van der Waals surface area contributed by atoms with Crippen molar-refractivity contribution in [2.24, 2.45) is 0 Å². The molecule has 6 nitrogen and oxygen atoms in total. The lowest BCUT2D eigenvalue weighted by molar-refractivity contribution is -0.167. The summed E-state index contributed by atoms with van der Waals surface area (Å²) in [5.41, 5.74) is 0. The summed E-state index contributed by atoms with van der Waals surface area (Å²) in [6, 6.07) is 0. The fourth-order valence-electron chi connectivity index (χ4n) is 8.08. The van der Waals surface area contributed by atoms with E-state index in [1.54, 1.807) is 0 Å². The van der Waals surface area contributed by atoms with Crippen molar-refractivity contribution in [3.8, 4) is 0 Å². The molecule has 75 heavy (non-hydrogen) atoms. The SMILES string of the molecule is CC/C=C\C/C=C\C/C=C\C/C=C\C/C=C\CCCCCC(=O)OC(COC(=O)CCCCCCCCC/C=C\C/C=C\CCCCC)COC(=O)CCCCCCCCCC/C=C\C/C=C\C/C=C\C/C=C\CC. The van der Waals surface area contributed by atoms with E-state index < -0.39 is 6.10 Å². The molecule has 0 aliphatic rings. The zero-order chi connectivity index (χ0) is 54.3. The molecule has 0 aromatic rings. The Bertz CT molecular complexity index is 1620. The first-order valence-corrected chi connectivity index (χ1v) is 30.7. The maximum Gasteiger partial charge on any atom is 0.306 e. The molecule has 0 saturated heterocycles. The molecule has 6 heteroatoms. The van der Waals surface area contributed by atoms with Gasteiger partial charge in [0.1, 0.15) is 13.2 Å². The lowest BCUT2D eigenvalue weighted by atomic mass is 10.1. The van der Waals surface area contributed by atoms with E-state index in [0.29, 0.717) is 12.8 Å². The lowest BCUT2D eigenvalue weighted by Crippen LogP contribution is -2.30. The number of rotatable bonds is 54. The highest BCUT2D eigenvalue weighted by molar-refractivity contribution is 5.71. The van der Waals surface area contributed by atoms with E-state index in [0.717, 1.165) is 141 Å². The van der Waals surface area contributed by atoms with Crippen LogP contribution in [0.25, 0.3) is 0 Å². The Morgan fingerprint density at radius 1 is 0.280 bits per heavy atom. The second-order valence-corrected chi connectivity index (χ2v) is 19.8. The van der Waals surface area contributed by atoms with Crippen molar-refractivity contribution in [1.82, 2.24) is 0 Å². The van der Waals surface area contributed by atoms with Crippen LogP contribution in [-0.4, -0.2) is 37.2 Å². The molecule has 424 valence electrons. The van der Waals surface area contributed by atoms with Crippen molar-refractivity contribution < 1.29 is 28.6 Å². The third-order valence-electron chi connectivity index (χ3n) is 12.6. The largest absolute Gasteiger partial charge is 0.462 e. The van der Waals surface area contributed by atoms with E-state index in [4.69, 9.17) is 14.2 Å². The molecule has 0 aliphatic carbocycles. The van der Waals surface area contributed by atoms with Crippen LogP contribution in [0.3, 0.4) is 0 Å². The summed E-state index contributed by atoms with van der Waals surface area (Å²) in [6.45, 7) is 6.35. The first-order chi connectivity index (χ1) is 37.0. The predicted molar refractivity (Wildman–Crippen MR) is 325 cm³/mol. The van der Waals surface area contributed by atoms with E-state index in [1.165, 1.54) is 83.5 Å². The van der Waals surface area contributed by atoms with Crippen molar-refractivity contribution >= 4 is 17.9 Å². The second-order valence-electron chi connectivity index (χ2n) is 19.8. The normalized spacial score (nSPS) is 13.1. The average molecular weight is 1040 g/mol. The van der Waals surface area contributed by atoms with Gasteiger partial charge in [-0.25, -0.2) is 0 Å². The molecule has 0 N–H and O–H groups in total. The van der Waals surface area contributed by atoms with Gasteiger partial charge < -0.3 is 14.2 Å². The lowest BCUT2D eigenvalue weighted by Gasteiger charge is -2.18. The quantitative estimate of drug-likeness (QED) is 0.0261. The molecule has 1 atom stereocenters. The number of unbranched alkanes of at least 4 members (excludes halogenated alkanes) is 21. The molecular weight excluding hydrogens is 925 g/mol. The van der Waals surface area contributed by atoms with Gasteiger partial charge in [-0.3, -0.25) is 14.4 Å². The van der Waals surface area contributed by atoms with Gasteiger partial charge in [-0.1, -0.05) is 244 Å². The number of ether oxygens (including phenoxy) is 3. The minimum atomic E-state index is -0.809. The molecule has 0 fully saturated rings. The Kier molecular flexibility index (Phi) is 58.4. The summed E-state index contributed by atoms with van der Waals surface area (Å²) >= 11 is 0. The number of hydrogen-bond acceptors (Lipinski definition) is 6. The van der Waals surface area contributed by atoms with Gasteiger partial charge in [-0.2, -0.15) is 0 Å². The van der Waals surface area contributed by atoms with Crippen molar-refractivity contribution in [1.29, 1.82) is 0 Å². The molecule has 0 spiro atoms. The summed E-state index contributed by atoms with van der Waals surface area (Å²) in [7, 11) is 0. The van der Waals surface area contributed by atoms with Crippen LogP contribution in [-0.2, 0) is 28.6 Å². The molecule has 0 bridgehead atoms. The number of carbonyl (C=O) groups is 3. The van der Waals surface area contributed by atoms with Crippen LogP contribution < -0.4 is 0 Å². The number of hydrogen-bond donors (Lipinski definition) is 0. The fraction of sp³-hybridized carbons (Fsp3) is 0.638. The van der Waals surface area contributed by atoms with Gasteiger partial charge in [-0.05, 0) is 135 Å². The number of allylic oxidation sites excluding steroid dienone is 22. The highest BCUT2D eigenvalue weighted by Gasteiger charge is 2.19. The number of esters is 3. The highest BCUT2D eigenvalue weighted by Crippen LogP contribution is 2.14. The van der Waals surface area contributed by atoms with Crippen LogP contribution in [0.5, 0.6) is 0 Å². The summed E-state index contributed by atoms with van der Waals surface area (Å²) in [6.07, 6.45) is 87.2. The zero-order valence-corrected chi connectivity index (χ0v) is 48.5. The molecule has 0 rings (SSSR count). The molecule has 0 heterocycles. The Morgan fingerprint density at radius 3 is 0.827 bits per heavy atom. The van der Waals surface area contributed by atoms with Crippen molar-refractivity contribution in [2.45, 2.75) is 271 Å². The monoisotopic (exact) mass is 1040 g/mol. The molecule has 0 radical (unpaired) electrons. The highest BCUT2D eigenvalue weighted by atomic mass is 16.6. The van der Waals surface area contributed by atoms with Gasteiger partial charge in [0.2, 0.25) is 0 Å². The molecule has 0 saturated carbocycles. The summed E-state index contributed by atoms with van der Waals surface area (Å²) in [4.78, 5) is 38.3. The second kappa shape index (κ2) is 62.1.